The van der Waals surface area contributed by atoms with Crippen LogP contribution < -0.4 is 5.32 Å². The quantitative estimate of drug-likeness (QED) is 0.765. The molecule has 0 spiro atoms. The summed E-state index contributed by atoms with van der Waals surface area (Å²) in [4.78, 5) is 8.06. The van der Waals surface area contributed by atoms with Crippen LogP contribution in [0.25, 0.3) is 11.3 Å². The van der Waals surface area contributed by atoms with Gasteiger partial charge in [-0.1, -0.05) is 5.21 Å². The Kier molecular flexibility index (Phi) is 4.26. The fraction of sp³-hybridized carbons (Fsp3) is 0.294. The van der Waals surface area contributed by atoms with Gasteiger partial charge in [0.1, 0.15) is 5.69 Å². The third kappa shape index (κ3) is 3.17. The first-order valence-corrected chi connectivity index (χ1v) is 7.94. The van der Waals surface area contributed by atoms with E-state index in [0.29, 0.717) is 13.2 Å². The molecule has 0 radical (unpaired) electrons. The van der Waals surface area contributed by atoms with Crippen LogP contribution in [-0.4, -0.2) is 37.6 Å². The van der Waals surface area contributed by atoms with Gasteiger partial charge in [0.25, 0.3) is 0 Å². The van der Waals surface area contributed by atoms with E-state index in [1.807, 2.05) is 28.9 Å². The van der Waals surface area contributed by atoms with E-state index in [9.17, 15) is 0 Å². The normalized spacial score (nSPS) is 16.8. The van der Waals surface area contributed by atoms with Crippen LogP contribution in [0.3, 0.4) is 0 Å². The molecule has 0 aromatic carbocycles. The number of nitrogens with zero attached hydrogens (tertiary/aromatic N) is 5. The Labute approximate surface area is 139 Å². The third-order valence-corrected chi connectivity index (χ3v) is 4.07. The highest BCUT2D eigenvalue weighted by Crippen LogP contribution is 2.24. The Bertz CT molecular complexity index is 789. The first-order chi connectivity index (χ1) is 11.9. The number of nitrogens with one attached hydrogen (secondary N) is 1. The summed E-state index contributed by atoms with van der Waals surface area (Å²) in [5.41, 5.74) is 4.12. The van der Waals surface area contributed by atoms with Gasteiger partial charge in [0, 0.05) is 43.4 Å². The maximum absolute atomic E-state index is 5.97. The minimum atomic E-state index is 0.0892. The van der Waals surface area contributed by atoms with Crippen molar-refractivity contribution < 1.29 is 4.74 Å². The SMILES string of the molecule is c1cc(CNC[C@H]2Cn3nnc(-c4ccncc4)c3CO2)ccn1. The minimum absolute atomic E-state index is 0.0892. The molecule has 7 nitrogen and oxygen atoms in total. The van der Waals surface area contributed by atoms with Crippen molar-refractivity contribution in [2.24, 2.45) is 0 Å². The molecule has 122 valence electrons. The second-order valence-corrected chi connectivity index (χ2v) is 5.72. The molecule has 0 bridgehead atoms. The maximum atomic E-state index is 5.97. The van der Waals surface area contributed by atoms with Crippen LogP contribution in [0.4, 0.5) is 0 Å². The minimum Gasteiger partial charge on any atom is -0.369 e. The summed E-state index contributed by atoms with van der Waals surface area (Å²) in [6, 6.07) is 7.89. The van der Waals surface area contributed by atoms with Gasteiger partial charge >= 0.3 is 0 Å². The van der Waals surface area contributed by atoms with Crippen LogP contribution in [0.5, 0.6) is 0 Å². The standard InChI is InChI=1S/C17H18N6O/c1-5-18-6-2-13(1)9-20-10-15-11-23-16(12-24-15)17(21-22-23)14-3-7-19-8-4-14/h1-8,15,20H,9-12H2/t15-/m0/s1. The molecule has 1 N–H and O–H groups in total. The smallest absolute Gasteiger partial charge is 0.118 e. The Balaban J connectivity index is 1.37. The molecule has 7 heteroatoms. The second-order valence-electron chi connectivity index (χ2n) is 5.72. The molecule has 0 fully saturated rings. The lowest BCUT2D eigenvalue weighted by Crippen LogP contribution is -2.36. The van der Waals surface area contributed by atoms with Gasteiger partial charge < -0.3 is 10.1 Å². The van der Waals surface area contributed by atoms with Crippen LogP contribution in [0, 0.1) is 0 Å². The van der Waals surface area contributed by atoms with Crippen LogP contribution in [0.1, 0.15) is 11.3 Å². The van der Waals surface area contributed by atoms with Crippen LogP contribution >= 0.6 is 0 Å². The van der Waals surface area contributed by atoms with Gasteiger partial charge in [0.2, 0.25) is 0 Å². The zero-order chi connectivity index (χ0) is 16.2. The van der Waals surface area contributed by atoms with E-state index >= 15 is 0 Å². The molecule has 4 heterocycles. The molecule has 0 amide bonds. The topological polar surface area (TPSA) is 77.8 Å². The van der Waals surface area contributed by atoms with E-state index in [0.717, 1.165) is 30.0 Å². The van der Waals surface area contributed by atoms with Crippen molar-refractivity contribution in [1.29, 1.82) is 0 Å². The van der Waals surface area contributed by atoms with E-state index in [2.05, 4.69) is 25.6 Å². The molecule has 1 aliphatic rings. The zero-order valence-electron chi connectivity index (χ0n) is 13.2. The van der Waals surface area contributed by atoms with E-state index in [4.69, 9.17) is 4.74 Å². The molecule has 4 rings (SSSR count). The number of pyridine rings is 2. The molecule has 0 unspecified atom stereocenters. The van der Waals surface area contributed by atoms with Gasteiger partial charge in [-0.25, -0.2) is 4.68 Å². The number of fused-ring (bicyclic) bond motifs is 1. The third-order valence-electron chi connectivity index (χ3n) is 4.07. The number of aromatic nitrogens is 5. The molecule has 1 aliphatic heterocycles. The van der Waals surface area contributed by atoms with E-state index in [1.54, 1.807) is 24.8 Å². The average Bonchev–Trinajstić information content (AvgIpc) is 3.07. The molecule has 3 aromatic rings. The molecule has 0 aliphatic carbocycles. The van der Waals surface area contributed by atoms with Crippen LogP contribution in [0.15, 0.2) is 49.1 Å². The van der Waals surface area contributed by atoms with Gasteiger partial charge in [0.15, 0.2) is 0 Å². The van der Waals surface area contributed by atoms with Crippen molar-refractivity contribution >= 4 is 0 Å². The summed E-state index contributed by atoms with van der Waals surface area (Å²) in [6.45, 7) is 2.80. The highest BCUT2D eigenvalue weighted by molar-refractivity contribution is 5.60. The Hall–Kier alpha value is -2.64. The summed E-state index contributed by atoms with van der Waals surface area (Å²) in [5.74, 6) is 0. The van der Waals surface area contributed by atoms with Crippen molar-refractivity contribution in [2.45, 2.75) is 25.8 Å². The lowest BCUT2D eigenvalue weighted by atomic mass is 10.1. The summed E-state index contributed by atoms with van der Waals surface area (Å²) in [6.07, 6.45) is 7.21. The van der Waals surface area contributed by atoms with E-state index < -0.39 is 0 Å². The summed E-state index contributed by atoms with van der Waals surface area (Å²) >= 11 is 0. The van der Waals surface area contributed by atoms with Crippen molar-refractivity contribution in [3.8, 4) is 11.3 Å². The highest BCUT2D eigenvalue weighted by Gasteiger charge is 2.24. The molecule has 24 heavy (non-hydrogen) atoms. The number of ether oxygens (including phenoxy) is 1. The van der Waals surface area contributed by atoms with E-state index in [1.165, 1.54) is 5.56 Å². The molecule has 1 atom stereocenters. The lowest BCUT2D eigenvalue weighted by Gasteiger charge is -2.24. The van der Waals surface area contributed by atoms with E-state index in [-0.39, 0.29) is 6.10 Å². The largest absolute Gasteiger partial charge is 0.369 e. The number of rotatable bonds is 5. The fourth-order valence-electron chi connectivity index (χ4n) is 2.80. The number of hydrogen-bond acceptors (Lipinski definition) is 6. The van der Waals surface area contributed by atoms with Crippen molar-refractivity contribution in [3.05, 3.63) is 60.3 Å². The van der Waals surface area contributed by atoms with Crippen molar-refractivity contribution in [2.75, 3.05) is 6.54 Å². The molecule has 0 saturated heterocycles. The zero-order valence-corrected chi connectivity index (χ0v) is 13.2. The van der Waals surface area contributed by atoms with Crippen molar-refractivity contribution in [3.63, 3.8) is 0 Å². The molecule has 0 saturated carbocycles. The van der Waals surface area contributed by atoms with Gasteiger partial charge in [-0.2, -0.15) is 0 Å². The second kappa shape index (κ2) is 6.86. The first-order valence-electron chi connectivity index (χ1n) is 7.94. The maximum Gasteiger partial charge on any atom is 0.118 e. The summed E-state index contributed by atoms with van der Waals surface area (Å²) in [7, 11) is 0. The average molecular weight is 322 g/mol. The van der Waals surface area contributed by atoms with Crippen LogP contribution in [-0.2, 0) is 24.4 Å². The highest BCUT2D eigenvalue weighted by atomic mass is 16.5. The molecular weight excluding hydrogens is 304 g/mol. The summed E-state index contributed by atoms with van der Waals surface area (Å²) < 4.78 is 7.91. The van der Waals surface area contributed by atoms with Crippen molar-refractivity contribution in [1.82, 2.24) is 30.3 Å². The number of hydrogen-bond donors (Lipinski definition) is 1. The Morgan fingerprint density at radius 3 is 2.62 bits per heavy atom. The fourth-order valence-corrected chi connectivity index (χ4v) is 2.80. The summed E-state index contributed by atoms with van der Waals surface area (Å²) in [5, 5.41) is 12.0. The van der Waals surface area contributed by atoms with Gasteiger partial charge in [-0.15, -0.1) is 5.10 Å². The Morgan fingerprint density at radius 2 is 1.83 bits per heavy atom. The Morgan fingerprint density at radius 1 is 1.08 bits per heavy atom. The lowest BCUT2D eigenvalue weighted by molar-refractivity contribution is 0.00125. The van der Waals surface area contributed by atoms with Crippen LogP contribution in [0.2, 0.25) is 0 Å². The molecule has 3 aromatic heterocycles. The first kappa shape index (κ1) is 14.9. The van der Waals surface area contributed by atoms with Gasteiger partial charge in [0.05, 0.1) is 24.9 Å². The predicted molar refractivity (Wildman–Crippen MR) is 87.8 cm³/mol. The van der Waals surface area contributed by atoms with Gasteiger partial charge in [-0.05, 0) is 29.8 Å². The monoisotopic (exact) mass is 322 g/mol. The molecular formula is C17H18N6O. The predicted octanol–water partition coefficient (Wildman–Crippen LogP) is 1.42. The van der Waals surface area contributed by atoms with Gasteiger partial charge in [-0.3, -0.25) is 9.97 Å².